The molecule has 6 nitrogen and oxygen atoms in total. The Bertz CT molecular complexity index is 634. The molecule has 0 aliphatic carbocycles. The summed E-state index contributed by atoms with van der Waals surface area (Å²) >= 11 is 0. The molecule has 6 heteroatoms. The van der Waals surface area contributed by atoms with Crippen molar-refractivity contribution in [1.29, 1.82) is 0 Å². The number of nitrogens with zero attached hydrogens (tertiary/aromatic N) is 1. The minimum Gasteiger partial charge on any atom is -0.733 e. The molecule has 3 rings (SSSR count). The molecular weight excluding hydrogens is 260 g/mol. The summed E-state index contributed by atoms with van der Waals surface area (Å²) < 4.78 is 5.05. The third-order valence-corrected chi connectivity index (χ3v) is 3.42. The topological polar surface area (TPSA) is 84.9 Å². The van der Waals surface area contributed by atoms with Crippen molar-refractivity contribution in [3.8, 4) is 0 Å². The Morgan fingerprint density at radius 2 is 2.30 bits per heavy atom. The molecule has 0 bridgehead atoms. The fraction of sp³-hybridized carbons (Fsp3) is 0.214. The van der Waals surface area contributed by atoms with Crippen LogP contribution in [-0.2, 0) is 9.53 Å². The summed E-state index contributed by atoms with van der Waals surface area (Å²) in [6.07, 6.45) is 1.90. The average molecular weight is 273 g/mol. The summed E-state index contributed by atoms with van der Waals surface area (Å²) in [4.78, 5) is 11.8. The summed E-state index contributed by atoms with van der Waals surface area (Å²) in [5.74, 6) is -0.629. The number of carbonyl (C=O) groups is 1. The van der Waals surface area contributed by atoms with Crippen LogP contribution in [0.2, 0.25) is 0 Å². The molecule has 0 fully saturated rings. The van der Waals surface area contributed by atoms with Crippen molar-refractivity contribution in [3.05, 3.63) is 58.1 Å². The van der Waals surface area contributed by atoms with Crippen molar-refractivity contribution >= 4 is 11.7 Å². The Balaban J connectivity index is 2.05. The number of rotatable bonds is 2. The van der Waals surface area contributed by atoms with Gasteiger partial charge in [0.2, 0.25) is 0 Å². The molecule has 0 aromatic heterocycles. The number of ether oxygens (including phenoxy) is 1. The third kappa shape index (κ3) is 2.04. The number of benzene rings is 1. The van der Waals surface area contributed by atoms with Crippen LogP contribution in [0.3, 0.4) is 0 Å². The molecule has 0 radical (unpaired) electrons. The number of esters is 1. The molecule has 104 valence electrons. The van der Waals surface area contributed by atoms with E-state index in [2.05, 4.69) is 5.32 Å². The normalized spacial score (nSPS) is 21.1. The predicted octanol–water partition coefficient (Wildman–Crippen LogP) is 1.78. The van der Waals surface area contributed by atoms with E-state index in [0.29, 0.717) is 5.57 Å². The molecule has 2 heterocycles. The summed E-state index contributed by atoms with van der Waals surface area (Å²) in [7, 11) is 0. The lowest BCUT2D eigenvalue weighted by Gasteiger charge is -2.25. The Morgan fingerprint density at radius 3 is 3.05 bits per heavy atom. The Kier molecular flexibility index (Phi) is 2.96. The number of anilines is 1. The van der Waals surface area contributed by atoms with Crippen LogP contribution in [0.1, 0.15) is 18.4 Å². The largest absolute Gasteiger partial charge is 0.733 e. The first kappa shape index (κ1) is 12.7. The molecular formula is C14H13N2O4-. The molecule has 0 saturated carbocycles. The van der Waals surface area contributed by atoms with Crippen molar-refractivity contribution in [2.45, 2.75) is 12.8 Å². The van der Waals surface area contributed by atoms with Crippen molar-refractivity contribution in [2.24, 2.45) is 0 Å². The van der Waals surface area contributed by atoms with Crippen molar-refractivity contribution < 1.29 is 14.7 Å². The zero-order chi connectivity index (χ0) is 14.3. The van der Waals surface area contributed by atoms with Crippen LogP contribution in [0.15, 0.2) is 47.3 Å². The van der Waals surface area contributed by atoms with Gasteiger partial charge < -0.3 is 20.5 Å². The second-order valence-electron chi connectivity index (χ2n) is 4.79. The maximum atomic E-state index is 11.8. The highest BCUT2D eigenvalue weighted by Gasteiger charge is 2.34. The summed E-state index contributed by atoms with van der Waals surface area (Å²) in [6.45, 7) is 2.14. The molecule has 2 aliphatic heterocycles. The van der Waals surface area contributed by atoms with Gasteiger partial charge in [-0.2, -0.15) is 0 Å². The molecule has 1 atom stereocenters. The molecule has 2 aliphatic rings. The standard InChI is InChI=1S/C14H13N2O4/c1-8-5-11(13-12(15-8)7-20-14(13)17)9-3-2-4-10(6-9)16(18)19/h2-6,11,15,18H,7H2,1H3/q-1. The van der Waals surface area contributed by atoms with Crippen LogP contribution in [0.5, 0.6) is 0 Å². The highest BCUT2D eigenvalue weighted by atomic mass is 16.8. The van der Waals surface area contributed by atoms with E-state index in [4.69, 9.17) is 9.94 Å². The van der Waals surface area contributed by atoms with E-state index in [0.717, 1.165) is 17.0 Å². The molecule has 1 aromatic carbocycles. The number of carbonyl (C=O) groups excluding carboxylic acids is 1. The summed E-state index contributed by atoms with van der Waals surface area (Å²) in [6, 6.07) is 6.53. The minimum atomic E-state index is -0.352. The number of cyclic esters (lactones) is 1. The summed E-state index contributed by atoms with van der Waals surface area (Å²) in [5, 5.41) is 22.9. The Hall–Kier alpha value is -2.31. The van der Waals surface area contributed by atoms with Crippen LogP contribution in [0, 0.1) is 5.21 Å². The predicted molar refractivity (Wildman–Crippen MR) is 71.7 cm³/mol. The smallest absolute Gasteiger partial charge is 0.337 e. The number of hydrogen-bond acceptors (Lipinski definition) is 6. The van der Waals surface area contributed by atoms with Gasteiger partial charge in [-0.15, -0.1) is 0 Å². The molecule has 1 unspecified atom stereocenters. The van der Waals surface area contributed by atoms with E-state index < -0.39 is 0 Å². The number of nitrogens with one attached hydrogen (secondary N) is 1. The lowest BCUT2D eigenvalue weighted by Crippen LogP contribution is -2.21. The number of hydrogen-bond donors (Lipinski definition) is 2. The van der Waals surface area contributed by atoms with E-state index in [1.165, 1.54) is 6.07 Å². The van der Waals surface area contributed by atoms with Crippen LogP contribution in [-0.4, -0.2) is 17.8 Å². The highest BCUT2D eigenvalue weighted by Crippen LogP contribution is 2.36. The summed E-state index contributed by atoms with van der Waals surface area (Å²) in [5.41, 5.74) is 3.11. The quantitative estimate of drug-likeness (QED) is 0.631. The SMILES string of the molecule is CC1=CC(c2cccc(N([O-])O)c2)C2=C(COC2=O)N1. The van der Waals surface area contributed by atoms with Gasteiger partial charge in [0, 0.05) is 11.6 Å². The Labute approximate surface area is 115 Å². The first-order valence-corrected chi connectivity index (χ1v) is 6.18. The monoisotopic (exact) mass is 273 g/mol. The number of allylic oxidation sites excluding steroid dienone is 2. The Morgan fingerprint density at radius 1 is 1.50 bits per heavy atom. The maximum absolute atomic E-state index is 11.8. The van der Waals surface area contributed by atoms with Gasteiger partial charge in [0.15, 0.2) is 0 Å². The number of dihydropyridines is 1. The molecule has 0 saturated heterocycles. The average Bonchev–Trinajstić information content (AvgIpc) is 2.79. The van der Waals surface area contributed by atoms with Crippen LogP contribution >= 0.6 is 0 Å². The van der Waals surface area contributed by atoms with E-state index in [9.17, 15) is 10.0 Å². The van der Waals surface area contributed by atoms with E-state index in [1.54, 1.807) is 12.1 Å². The van der Waals surface area contributed by atoms with Gasteiger partial charge in [-0.1, -0.05) is 18.2 Å². The second-order valence-corrected chi connectivity index (χ2v) is 4.79. The van der Waals surface area contributed by atoms with Gasteiger partial charge in [0.1, 0.15) is 6.61 Å². The minimum absolute atomic E-state index is 0.126. The van der Waals surface area contributed by atoms with Gasteiger partial charge in [0.05, 0.1) is 17.0 Å². The van der Waals surface area contributed by atoms with Crippen molar-refractivity contribution in [3.63, 3.8) is 0 Å². The van der Waals surface area contributed by atoms with E-state index in [-0.39, 0.29) is 29.4 Å². The van der Waals surface area contributed by atoms with Gasteiger partial charge >= 0.3 is 5.97 Å². The second kappa shape index (κ2) is 4.66. The van der Waals surface area contributed by atoms with E-state index in [1.807, 2.05) is 19.1 Å². The first-order valence-electron chi connectivity index (χ1n) is 6.18. The zero-order valence-electron chi connectivity index (χ0n) is 10.8. The lowest BCUT2D eigenvalue weighted by atomic mass is 9.87. The molecule has 2 N–H and O–H groups in total. The van der Waals surface area contributed by atoms with Gasteiger partial charge in [-0.05, 0) is 24.6 Å². The van der Waals surface area contributed by atoms with Gasteiger partial charge in [-0.25, -0.2) is 4.79 Å². The third-order valence-electron chi connectivity index (χ3n) is 3.42. The lowest BCUT2D eigenvalue weighted by molar-refractivity contribution is -0.136. The highest BCUT2D eigenvalue weighted by molar-refractivity contribution is 5.94. The molecule has 20 heavy (non-hydrogen) atoms. The molecule has 0 spiro atoms. The molecule has 0 amide bonds. The van der Waals surface area contributed by atoms with Gasteiger partial charge in [-0.3, -0.25) is 5.21 Å². The molecule has 1 aromatic rings. The maximum Gasteiger partial charge on any atom is 0.337 e. The van der Waals surface area contributed by atoms with Crippen molar-refractivity contribution in [2.75, 3.05) is 11.8 Å². The van der Waals surface area contributed by atoms with Crippen LogP contribution in [0.4, 0.5) is 5.69 Å². The van der Waals surface area contributed by atoms with Crippen LogP contribution < -0.4 is 10.5 Å². The van der Waals surface area contributed by atoms with Crippen LogP contribution in [0.25, 0.3) is 0 Å². The fourth-order valence-corrected chi connectivity index (χ4v) is 2.55. The van der Waals surface area contributed by atoms with Crippen molar-refractivity contribution in [1.82, 2.24) is 5.32 Å². The van der Waals surface area contributed by atoms with Gasteiger partial charge in [0.25, 0.3) is 0 Å². The fourth-order valence-electron chi connectivity index (χ4n) is 2.55. The first-order chi connectivity index (χ1) is 9.56. The van der Waals surface area contributed by atoms with E-state index >= 15 is 0 Å². The zero-order valence-corrected chi connectivity index (χ0v) is 10.8.